The Balaban J connectivity index is 1.63. The lowest BCUT2D eigenvalue weighted by atomic mass is 9.97. The van der Waals surface area contributed by atoms with Crippen LogP contribution in [-0.2, 0) is 32.1 Å². The van der Waals surface area contributed by atoms with Crippen LogP contribution in [0.4, 0.5) is 0 Å². The van der Waals surface area contributed by atoms with Gasteiger partial charge in [-0.1, -0.05) is 36.4 Å². The molecule has 2 aromatic carbocycles. The largest absolute Gasteiger partial charge is 0.494 e. The van der Waals surface area contributed by atoms with Crippen LogP contribution in [0, 0.1) is 12.8 Å². The predicted octanol–water partition coefficient (Wildman–Crippen LogP) is 2.48. The molecule has 5 N–H and O–H groups in total. The first-order chi connectivity index (χ1) is 19.7. The number of hydrogen-bond acceptors (Lipinski definition) is 6. The Hall–Kier alpha value is -3.92. The van der Waals surface area contributed by atoms with Gasteiger partial charge in [0.05, 0.1) is 13.0 Å². The van der Waals surface area contributed by atoms with Crippen molar-refractivity contribution in [3.63, 3.8) is 0 Å². The number of nitrogens with one attached hydrogen (secondary N) is 4. The first-order valence-electron chi connectivity index (χ1n) is 14.2. The number of aliphatic carboxylic acids is 1. The molecule has 1 fully saturated rings. The van der Waals surface area contributed by atoms with Crippen LogP contribution in [0.3, 0.4) is 0 Å². The lowest BCUT2D eigenvalue weighted by molar-refractivity contribution is -0.140. The van der Waals surface area contributed by atoms with E-state index in [1.807, 2.05) is 55.5 Å². The van der Waals surface area contributed by atoms with E-state index in [0.29, 0.717) is 25.4 Å². The van der Waals surface area contributed by atoms with Gasteiger partial charge in [-0.25, -0.2) is 0 Å². The molecule has 0 aromatic heterocycles. The number of ether oxygens (including phenoxy) is 1. The molecule has 3 amide bonds. The molecule has 1 aliphatic rings. The zero-order valence-corrected chi connectivity index (χ0v) is 23.9. The van der Waals surface area contributed by atoms with Gasteiger partial charge in [0, 0.05) is 13.5 Å². The molecule has 0 saturated carbocycles. The van der Waals surface area contributed by atoms with E-state index in [4.69, 9.17) is 4.74 Å². The number of carboxylic acid groups (broad SMARTS) is 1. The molecule has 10 heteroatoms. The van der Waals surface area contributed by atoms with Gasteiger partial charge in [-0.05, 0) is 86.9 Å². The summed E-state index contributed by atoms with van der Waals surface area (Å²) in [7, 11) is 0. The van der Waals surface area contributed by atoms with Crippen molar-refractivity contribution < 1.29 is 29.0 Å². The van der Waals surface area contributed by atoms with E-state index in [0.717, 1.165) is 42.0 Å². The van der Waals surface area contributed by atoms with Crippen molar-refractivity contribution in [1.29, 1.82) is 0 Å². The Morgan fingerprint density at radius 2 is 1.83 bits per heavy atom. The molecule has 1 saturated heterocycles. The van der Waals surface area contributed by atoms with E-state index < -0.39 is 42.2 Å². The van der Waals surface area contributed by atoms with Crippen LogP contribution in [0.2, 0.25) is 0 Å². The first-order valence-corrected chi connectivity index (χ1v) is 14.2. The number of carbonyl (C=O) groups is 4. The molecular weight excluding hydrogens is 524 g/mol. The van der Waals surface area contributed by atoms with Crippen molar-refractivity contribution in [2.45, 2.75) is 71.0 Å². The molecule has 3 rings (SSSR count). The second-order valence-electron chi connectivity index (χ2n) is 10.6. The number of hydrogen-bond donors (Lipinski definition) is 5. The fourth-order valence-corrected chi connectivity index (χ4v) is 4.87. The van der Waals surface area contributed by atoms with E-state index in [2.05, 4.69) is 21.3 Å². The highest BCUT2D eigenvalue weighted by Crippen LogP contribution is 2.20. The molecule has 0 aliphatic carbocycles. The molecule has 1 aliphatic heterocycles. The highest BCUT2D eigenvalue weighted by Gasteiger charge is 2.28. The number of carbonyl (C=O) groups excluding carboxylic acids is 3. The normalized spacial score (nSPS) is 16.2. The Labute approximate surface area is 241 Å². The van der Waals surface area contributed by atoms with Crippen molar-refractivity contribution in [3.8, 4) is 5.75 Å². The zero-order valence-electron chi connectivity index (χ0n) is 23.9. The Morgan fingerprint density at radius 3 is 2.51 bits per heavy atom. The average molecular weight is 567 g/mol. The van der Waals surface area contributed by atoms with Gasteiger partial charge in [-0.15, -0.1) is 0 Å². The van der Waals surface area contributed by atoms with Gasteiger partial charge < -0.3 is 31.1 Å². The number of carboxylic acids is 1. The van der Waals surface area contributed by atoms with Crippen LogP contribution in [0.1, 0.15) is 55.7 Å². The quantitative estimate of drug-likeness (QED) is 0.223. The summed E-state index contributed by atoms with van der Waals surface area (Å²) in [6.07, 6.45) is 3.60. The Morgan fingerprint density at radius 1 is 1.05 bits per heavy atom. The van der Waals surface area contributed by atoms with E-state index in [1.54, 1.807) is 0 Å². The number of rotatable bonds is 15. The molecule has 0 spiro atoms. The summed E-state index contributed by atoms with van der Waals surface area (Å²) in [5.41, 5.74) is 2.88. The van der Waals surface area contributed by atoms with E-state index >= 15 is 0 Å². The highest BCUT2D eigenvalue weighted by atomic mass is 16.5. The summed E-state index contributed by atoms with van der Waals surface area (Å²) in [4.78, 5) is 49.1. The zero-order chi connectivity index (χ0) is 29.6. The van der Waals surface area contributed by atoms with Crippen LogP contribution >= 0.6 is 0 Å². The monoisotopic (exact) mass is 566 g/mol. The molecule has 2 unspecified atom stereocenters. The molecule has 3 atom stereocenters. The van der Waals surface area contributed by atoms with Gasteiger partial charge in [-0.3, -0.25) is 19.2 Å². The topological polar surface area (TPSA) is 146 Å². The summed E-state index contributed by atoms with van der Waals surface area (Å²) in [5.74, 6) is -1.54. The molecule has 10 nitrogen and oxygen atoms in total. The fraction of sp³-hybridized carbons (Fsp3) is 0.484. The Bertz CT molecular complexity index is 1150. The number of aryl methyl sites for hydroxylation is 2. The lowest BCUT2D eigenvalue weighted by Crippen LogP contribution is -2.54. The number of piperidine rings is 1. The van der Waals surface area contributed by atoms with Crippen molar-refractivity contribution in [1.82, 2.24) is 21.3 Å². The van der Waals surface area contributed by atoms with E-state index in [9.17, 15) is 24.3 Å². The molecular formula is C31H42N4O6. The second kappa shape index (κ2) is 16.4. The van der Waals surface area contributed by atoms with Crippen molar-refractivity contribution in [2.75, 3.05) is 19.7 Å². The van der Waals surface area contributed by atoms with Crippen LogP contribution in [0.15, 0.2) is 48.5 Å². The molecule has 222 valence electrons. The standard InChI is InChI=1S/C31H42N4O6/c1-21-10-12-26(41-16-14-24-9-6-15-32-19-24)17-25(21)20-33-30(39)27(13-11-23-7-4-3-5-8-23)35-31(40)28(18-29(37)38)34-22(2)36/h3-5,7-8,10,12,17,24,27-28,32H,6,9,11,13-16,18-20H2,1-2H3,(H,33,39)(H,34,36)(H,35,40)(H,37,38)/t24?,27?,28-/m0/s1. The summed E-state index contributed by atoms with van der Waals surface area (Å²) >= 11 is 0. The molecule has 0 bridgehead atoms. The van der Waals surface area contributed by atoms with Gasteiger partial charge in [-0.2, -0.15) is 0 Å². The van der Waals surface area contributed by atoms with Gasteiger partial charge >= 0.3 is 5.97 Å². The maximum absolute atomic E-state index is 13.3. The van der Waals surface area contributed by atoms with Gasteiger partial charge in [0.25, 0.3) is 0 Å². The maximum atomic E-state index is 13.3. The maximum Gasteiger partial charge on any atom is 0.305 e. The second-order valence-corrected chi connectivity index (χ2v) is 10.6. The van der Waals surface area contributed by atoms with E-state index in [1.165, 1.54) is 19.8 Å². The SMILES string of the molecule is CC(=O)N[C@@H](CC(=O)O)C(=O)NC(CCc1ccccc1)C(=O)NCc1cc(OCCC2CCCNC2)ccc1C. The van der Waals surface area contributed by atoms with E-state index in [-0.39, 0.29) is 6.54 Å². The van der Waals surface area contributed by atoms with Crippen molar-refractivity contribution in [2.24, 2.45) is 5.92 Å². The summed E-state index contributed by atoms with van der Waals surface area (Å²) < 4.78 is 6.01. The number of benzene rings is 2. The third-order valence-corrected chi connectivity index (χ3v) is 7.24. The van der Waals surface area contributed by atoms with Gasteiger partial charge in [0.1, 0.15) is 17.8 Å². The van der Waals surface area contributed by atoms with Gasteiger partial charge in [0.2, 0.25) is 17.7 Å². The lowest BCUT2D eigenvalue weighted by Gasteiger charge is -2.23. The molecule has 2 aromatic rings. The van der Waals surface area contributed by atoms with Crippen LogP contribution in [0.25, 0.3) is 0 Å². The van der Waals surface area contributed by atoms with Crippen LogP contribution in [0.5, 0.6) is 5.75 Å². The highest BCUT2D eigenvalue weighted by molar-refractivity contribution is 5.93. The first kappa shape index (κ1) is 31.6. The minimum Gasteiger partial charge on any atom is -0.494 e. The minimum absolute atomic E-state index is 0.233. The van der Waals surface area contributed by atoms with Crippen molar-refractivity contribution in [3.05, 3.63) is 65.2 Å². The predicted molar refractivity (Wildman–Crippen MR) is 155 cm³/mol. The average Bonchev–Trinajstić information content (AvgIpc) is 2.95. The third-order valence-electron chi connectivity index (χ3n) is 7.24. The smallest absolute Gasteiger partial charge is 0.305 e. The van der Waals surface area contributed by atoms with Crippen LogP contribution < -0.4 is 26.0 Å². The van der Waals surface area contributed by atoms with Crippen LogP contribution in [-0.4, -0.2) is 60.6 Å². The summed E-state index contributed by atoms with van der Waals surface area (Å²) in [6, 6.07) is 13.1. The van der Waals surface area contributed by atoms with Crippen molar-refractivity contribution >= 4 is 23.7 Å². The Kier molecular flexibility index (Phi) is 12.6. The number of amides is 3. The molecule has 41 heavy (non-hydrogen) atoms. The fourth-order valence-electron chi connectivity index (χ4n) is 4.87. The third kappa shape index (κ3) is 11.2. The summed E-state index contributed by atoms with van der Waals surface area (Å²) in [5, 5.41) is 20.6. The van der Waals surface area contributed by atoms with Gasteiger partial charge in [0.15, 0.2) is 0 Å². The molecule has 1 heterocycles. The molecule has 0 radical (unpaired) electrons. The minimum atomic E-state index is -1.29. The summed E-state index contributed by atoms with van der Waals surface area (Å²) in [6.45, 7) is 6.13.